The molecule has 0 aliphatic carbocycles. The van der Waals surface area contributed by atoms with Gasteiger partial charge < -0.3 is 15.7 Å². The van der Waals surface area contributed by atoms with Crippen LogP contribution in [0.2, 0.25) is 0 Å². The summed E-state index contributed by atoms with van der Waals surface area (Å²) in [5.74, 6) is 0.184. The van der Waals surface area contributed by atoms with Gasteiger partial charge in [-0.3, -0.25) is 4.79 Å². The summed E-state index contributed by atoms with van der Waals surface area (Å²) in [6.07, 6.45) is -0.0322. The monoisotopic (exact) mass is 362 g/mol. The molecule has 27 heavy (non-hydrogen) atoms. The molecule has 6 heteroatoms. The lowest BCUT2D eigenvalue weighted by Crippen LogP contribution is -2.32. The van der Waals surface area contributed by atoms with E-state index < -0.39 is 6.10 Å². The Balaban J connectivity index is 1.56. The normalized spacial score (nSPS) is 12.8. The molecule has 138 valence electrons. The number of hydrogen-bond donors (Lipinski definition) is 3. The summed E-state index contributed by atoms with van der Waals surface area (Å²) < 4.78 is 0. The molecule has 0 saturated heterocycles. The second kappa shape index (κ2) is 8.91. The molecule has 0 spiro atoms. The first-order chi connectivity index (χ1) is 13.1. The molecule has 3 N–H and O–H groups in total. The summed E-state index contributed by atoms with van der Waals surface area (Å²) in [5, 5.41) is 24.3. The van der Waals surface area contributed by atoms with E-state index in [0.717, 1.165) is 5.56 Å². The molecule has 0 bridgehead atoms. The zero-order valence-electron chi connectivity index (χ0n) is 15.0. The van der Waals surface area contributed by atoms with Gasteiger partial charge in [0.15, 0.2) is 5.69 Å². The number of aliphatic hydroxyl groups is 1. The van der Waals surface area contributed by atoms with Crippen molar-refractivity contribution in [2.24, 2.45) is 0 Å². The van der Waals surface area contributed by atoms with Gasteiger partial charge in [0, 0.05) is 12.1 Å². The smallest absolute Gasteiger partial charge is 0.276 e. The first-order valence-corrected chi connectivity index (χ1v) is 8.80. The molecular weight excluding hydrogens is 340 g/mol. The highest BCUT2D eigenvalue weighted by Gasteiger charge is 2.16. The predicted molar refractivity (Wildman–Crippen MR) is 106 cm³/mol. The number of hydrogen-bond acceptors (Lipinski definition) is 5. The van der Waals surface area contributed by atoms with Crippen molar-refractivity contribution in [3.63, 3.8) is 0 Å². The zero-order chi connectivity index (χ0) is 19.1. The summed E-state index contributed by atoms with van der Waals surface area (Å²) in [7, 11) is 0. The molecule has 0 aliphatic rings. The maximum absolute atomic E-state index is 12.2. The third-order valence-electron chi connectivity index (χ3n) is 4.17. The Morgan fingerprint density at radius 2 is 1.63 bits per heavy atom. The highest BCUT2D eigenvalue weighted by molar-refractivity contribution is 6.02. The number of benzene rings is 2. The van der Waals surface area contributed by atoms with Crippen LogP contribution in [0.15, 0.2) is 72.8 Å². The number of carbonyl (C=O) groups excluding carboxylic acids is 1. The summed E-state index contributed by atoms with van der Waals surface area (Å²) in [6.45, 7) is 1.88. The third kappa shape index (κ3) is 5.36. The molecule has 0 radical (unpaired) electrons. The van der Waals surface area contributed by atoms with Crippen LogP contribution in [0.25, 0.3) is 0 Å². The SMILES string of the molecule is CC(Nc1ccc(C(=O)Nc2ccccc2)nn1)C(O)Cc1ccccc1. The van der Waals surface area contributed by atoms with Crippen molar-refractivity contribution in [2.75, 3.05) is 10.6 Å². The van der Waals surface area contributed by atoms with Crippen LogP contribution in [0.5, 0.6) is 0 Å². The van der Waals surface area contributed by atoms with E-state index in [0.29, 0.717) is 17.9 Å². The number of anilines is 2. The molecule has 2 unspecified atom stereocenters. The average molecular weight is 362 g/mol. The second-order valence-corrected chi connectivity index (χ2v) is 6.31. The Hall–Kier alpha value is -3.25. The van der Waals surface area contributed by atoms with Crippen molar-refractivity contribution in [2.45, 2.75) is 25.5 Å². The van der Waals surface area contributed by atoms with Crippen LogP contribution >= 0.6 is 0 Å². The summed E-state index contributed by atoms with van der Waals surface area (Å²) in [4.78, 5) is 12.2. The largest absolute Gasteiger partial charge is 0.391 e. The lowest BCUT2D eigenvalue weighted by molar-refractivity contribution is 0.102. The highest BCUT2D eigenvalue weighted by atomic mass is 16.3. The maximum atomic E-state index is 12.2. The lowest BCUT2D eigenvalue weighted by atomic mass is 10.0. The van der Waals surface area contributed by atoms with Gasteiger partial charge in [0.05, 0.1) is 12.1 Å². The zero-order valence-corrected chi connectivity index (χ0v) is 15.0. The van der Waals surface area contributed by atoms with Gasteiger partial charge in [0.25, 0.3) is 5.91 Å². The van der Waals surface area contributed by atoms with E-state index in [2.05, 4.69) is 20.8 Å². The van der Waals surface area contributed by atoms with Gasteiger partial charge in [-0.25, -0.2) is 0 Å². The van der Waals surface area contributed by atoms with Gasteiger partial charge in [-0.05, 0) is 36.8 Å². The maximum Gasteiger partial charge on any atom is 0.276 e. The van der Waals surface area contributed by atoms with Crippen LogP contribution < -0.4 is 10.6 Å². The molecule has 2 atom stereocenters. The van der Waals surface area contributed by atoms with Gasteiger partial charge in [-0.2, -0.15) is 0 Å². The Kier molecular flexibility index (Phi) is 6.12. The fraction of sp³-hybridized carbons (Fsp3) is 0.190. The number of rotatable bonds is 7. The van der Waals surface area contributed by atoms with E-state index in [9.17, 15) is 9.90 Å². The standard InChI is InChI=1S/C21H22N4O2/c1-15(19(26)14-16-8-4-2-5-9-16)22-20-13-12-18(24-25-20)21(27)23-17-10-6-3-7-11-17/h2-13,15,19,26H,14H2,1H3,(H,22,25)(H,23,27). The second-order valence-electron chi connectivity index (χ2n) is 6.31. The van der Waals surface area contributed by atoms with Gasteiger partial charge >= 0.3 is 0 Å². The van der Waals surface area contributed by atoms with Crippen LogP contribution in [0.4, 0.5) is 11.5 Å². The number of nitrogens with one attached hydrogen (secondary N) is 2. The minimum absolute atomic E-state index is 0.219. The Morgan fingerprint density at radius 3 is 2.26 bits per heavy atom. The van der Waals surface area contributed by atoms with E-state index in [1.54, 1.807) is 24.3 Å². The fourth-order valence-corrected chi connectivity index (χ4v) is 2.61. The van der Waals surface area contributed by atoms with E-state index in [1.807, 2.05) is 55.5 Å². The third-order valence-corrected chi connectivity index (χ3v) is 4.17. The van der Waals surface area contributed by atoms with Crippen molar-refractivity contribution < 1.29 is 9.90 Å². The molecule has 0 fully saturated rings. The molecule has 3 rings (SSSR count). The minimum atomic E-state index is -0.574. The first-order valence-electron chi connectivity index (χ1n) is 8.80. The van der Waals surface area contributed by atoms with Crippen LogP contribution in [0.1, 0.15) is 23.0 Å². The number of nitrogens with zero attached hydrogens (tertiary/aromatic N) is 2. The Morgan fingerprint density at radius 1 is 0.963 bits per heavy atom. The number of amides is 1. The number of carbonyl (C=O) groups is 1. The van der Waals surface area contributed by atoms with E-state index >= 15 is 0 Å². The van der Waals surface area contributed by atoms with Crippen LogP contribution in [-0.4, -0.2) is 33.4 Å². The number of para-hydroxylation sites is 1. The van der Waals surface area contributed by atoms with Gasteiger partial charge in [-0.15, -0.1) is 10.2 Å². The first kappa shape index (κ1) is 18.5. The lowest BCUT2D eigenvalue weighted by Gasteiger charge is -2.20. The van der Waals surface area contributed by atoms with Crippen molar-refractivity contribution in [3.8, 4) is 0 Å². The van der Waals surface area contributed by atoms with Crippen molar-refractivity contribution in [1.82, 2.24) is 10.2 Å². The summed E-state index contributed by atoms with van der Waals surface area (Å²) in [6, 6.07) is 22.0. The highest BCUT2D eigenvalue weighted by Crippen LogP contribution is 2.12. The quantitative estimate of drug-likeness (QED) is 0.601. The van der Waals surface area contributed by atoms with Crippen LogP contribution in [0, 0.1) is 0 Å². The van der Waals surface area contributed by atoms with Crippen LogP contribution in [0.3, 0.4) is 0 Å². The molecule has 0 aliphatic heterocycles. The molecule has 1 aromatic heterocycles. The average Bonchev–Trinajstić information content (AvgIpc) is 2.70. The fourth-order valence-electron chi connectivity index (χ4n) is 2.61. The van der Waals surface area contributed by atoms with Gasteiger partial charge in [0.1, 0.15) is 5.82 Å². The molecule has 6 nitrogen and oxygen atoms in total. The van der Waals surface area contributed by atoms with Gasteiger partial charge in [0.2, 0.25) is 0 Å². The topological polar surface area (TPSA) is 87.1 Å². The molecule has 0 saturated carbocycles. The molecular formula is C21H22N4O2. The summed E-state index contributed by atoms with van der Waals surface area (Å²) in [5.41, 5.74) is 1.99. The van der Waals surface area contributed by atoms with Gasteiger partial charge in [-0.1, -0.05) is 48.5 Å². The van der Waals surface area contributed by atoms with Crippen molar-refractivity contribution in [1.29, 1.82) is 0 Å². The number of aliphatic hydroxyl groups excluding tert-OH is 1. The van der Waals surface area contributed by atoms with Crippen molar-refractivity contribution >= 4 is 17.4 Å². The Labute approximate surface area is 158 Å². The summed E-state index contributed by atoms with van der Waals surface area (Å²) >= 11 is 0. The van der Waals surface area contributed by atoms with Crippen molar-refractivity contribution in [3.05, 3.63) is 84.1 Å². The Bertz CT molecular complexity index is 854. The molecule has 1 amide bonds. The van der Waals surface area contributed by atoms with E-state index in [1.165, 1.54) is 0 Å². The minimum Gasteiger partial charge on any atom is -0.391 e. The van der Waals surface area contributed by atoms with Crippen LogP contribution in [-0.2, 0) is 6.42 Å². The molecule has 3 aromatic rings. The predicted octanol–water partition coefficient (Wildman–Crippen LogP) is 3.13. The van der Waals surface area contributed by atoms with E-state index in [-0.39, 0.29) is 17.6 Å². The molecule has 2 aromatic carbocycles. The number of aromatic nitrogens is 2. The van der Waals surface area contributed by atoms with E-state index in [4.69, 9.17) is 0 Å². The molecule has 1 heterocycles.